The number of hydrogen-bond acceptors (Lipinski definition) is 4. The number of amides is 1. The number of benzene rings is 1. The number of ether oxygens (including phenoxy) is 1. The number of aromatic nitrogens is 1. The molecule has 0 aliphatic carbocycles. The molecule has 0 aliphatic heterocycles. The van der Waals surface area contributed by atoms with E-state index in [0.29, 0.717) is 19.6 Å². The van der Waals surface area contributed by atoms with E-state index in [4.69, 9.17) is 15.6 Å². The lowest BCUT2D eigenvalue weighted by Crippen LogP contribution is -2.43. The standard InChI is InChI=1S/C15H21N3O3/c16-13(15(20)17-5-7-21-8-6-19)9-11-10-18-14-4-2-1-3-12(11)14/h1-4,10,13,18-19H,5-9,16H2,(H,17,20). The van der Waals surface area contributed by atoms with Crippen molar-refractivity contribution in [1.82, 2.24) is 10.3 Å². The molecule has 0 aliphatic rings. The summed E-state index contributed by atoms with van der Waals surface area (Å²) in [7, 11) is 0. The highest BCUT2D eigenvalue weighted by molar-refractivity contribution is 5.86. The largest absolute Gasteiger partial charge is 0.394 e. The van der Waals surface area contributed by atoms with Crippen molar-refractivity contribution in [2.24, 2.45) is 5.73 Å². The van der Waals surface area contributed by atoms with E-state index in [1.54, 1.807) is 0 Å². The Labute approximate surface area is 123 Å². The first kappa shape index (κ1) is 15.5. The van der Waals surface area contributed by atoms with Crippen LogP contribution in [0.5, 0.6) is 0 Å². The lowest BCUT2D eigenvalue weighted by Gasteiger charge is -2.12. The van der Waals surface area contributed by atoms with E-state index in [-0.39, 0.29) is 19.1 Å². The SMILES string of the molecule is NC(Cc1c[nH]c2ccccc12)C(=O)NCCOCCO. The second kappa shape index (κ2) is 7.78. The third-order valence-corrected chi connectivity index (χ3v) is 3.23. The number of nitrogens with two attached hydrogens (primary N) is 1. The Kier molecular flexibility index (Phi) is 5.74. The predicted molar refractivity (Wildman–Crippen MR) is 80.9 cm³/mol. The smallest absolute Gasteiger partial charge is 0.237 e. The molecule has 5 N–H and O–H groups in total. The van der Waals surface area contributed by atoms with E-state index in [9.17, 15) is 4.79 Å². The summed E-state index contributed by atoms with van der Waals surface area (Å²) in [4.78, 5) is 15.1. The minimum atomic E-state index is -0.595. The number of rotatable bonds is 8. The Morgan fingerprint density at radius 1 is 1.38 bits per heavy atom. The summed E-state index contributed by atoms with van der Waals surface area (Å²) in [5, 5.41) is 12.4. The summed E-state index contributed by atoms with van der Waals surface area (Å²) in [6.45, 7) is 1.01. The number of aliphatic hydroxyl groups is 1. The van der Waals surface area contributed by atoms with Crippen molar-refractivity contribution in [3.05, 3.63) is 36.0 Å². The first-order chi connectivity index (χ1) is 10.2. The maximum atomic E-state index is 11.9. The van der Waals surface area contributed by atoms with Crippen LogP contribution in [0.3, 0.4) is 0 Å². The molecule has 0 fully saturated rings. The number of H-pyrrole nitrogens is 1. The van der Waals surface area contributed by atoms with Crippen LogP contribution in [0, 0.1) is 0 Å². The molecular weight excluding hydrogens is 270 g/mol. The van der Waals surface area contributed by atoms with Crippen molar-refractivity contribution < 1.29 is 14.6 Å². The predicted octanol–water partition coefficient (Wildman–Crippen LogP) is 0.163. The van der Waals surface area contributed by atoms with E-state index >= 15 is 0 Å². The number of fused-ring (bicyclic) bond motifs is 1. The van der Waals surface area contributed by atoms with Gasteiger partial charge in [-0.25, -0.2) is 0 Å². The highest BCUT2D eigenvalue weighted by atomic mass is 16.5. The number of carbonyl (C=O) groups excluding carboxylic acids is 1. The number of para-hydroxylation sites is 1. The van der Waals surface area contributed by atoms with E-state index in [0.717, 1.165) is 16.5 Å². The number of nitrogens with one attached hydrogen (secondary N) is 2. The van der Waals surface area contributed by atoms with Crippen LogP contribution in [0.4, 0.5) is 0 Å². The fraction of sp³-hybridized carbons (Fsp3) is 0.400. The molecule has 0 bridgehead atoms. The Morgan fingerprint density at radius 3 is 3.00 bits per heavy atom. The third kappa shape index (κ3) is 4.29. The van der Waals surface area contributed by atoms with Crippen LogP contribution in [0.1, 0.15) is 5.56 Å². The molecule has 0 saturated carbocycles. The quantitative estimate of drug-likeness (QED) is 0.521. The second-order valence-corrected chi connectivity index (χ2v) is 4.80. The van der Waals surface area contributed by atoms with Gasteiger partial charge in [0.25, 0.3) is 0 Å². The molecule has 2 aromatic rings. The average Bonchev–Trinajstić information content (AvgIpc) is 2.90. The topological polar surface area (TPSA) is 100 Å². The highest BCUT2D eigenvalue weighted by Gasteiger charge is 2.15. The van der Waals surface area contributed by atoms with Crippen LogP contribution in [0.25, 0.3) is 10.9 Å². The van der Waals surface area contributed by atoms with Crippen molar-refractivity contribution in [3.63, 3.8) is 0 Å². The first-order valence-electron chi connectivity index (χ1n) is 6.99. The monoisotopic (exact) mass is 291 g/mol. The van der Waals surface area contributed by atoms with Crippen molar-refractivity contribution in [2.45, 2.75) is 12.5 Å². The average molecular weight is 291 g/mol. The first-order valence-corrected chi connectivity index (χ1v) is 6.99. The molecule has 21 heavy (non-hydrogen) atoms. The van der Waals surface area contributed by atoms with Crippen LogP contribution in [0.15, 0.2) is 30.5 Å². The molecule has 6 nitrogen and oxygen atoms in total. The van der Waals surface area contributed by atoms with Gasteiger partial charge in [0, 0.05) is 23.6 Å². The summed E-state index contributed by atoms with van der Waals surface area (Å²) in [6.07, 6.45) is 2.37. The van der Waals surface area contributed by atoms with E-state index < -0.39 is 6.04 Å². The zero-order valence-corrected chi connectivity index (χ0v) is 11.8. The second-order valence-electron chi connectivity index (χ2n) is 4.80. The van der Waals surface area contributed by atoms with Gasteiger partial charge in [0.05, 0.1) is 25.9 Å². The molecule has 1 amide bonds. The summed E-state index contributed by atoms with van der Waals surface area (Å²) in [5.74, 6) is -0.201. The lowest BCUT2D eigenvalue weighted by molar-refractivity contribution is -0.122. The molecule has 1 atom stereocenters. The zero-order valence-electron chi connectivity index (χ0n) is 11.8. The summed E-state index contributed by atoms with van der Waals surface area (Å²) in [5.41, 5.74) is 8.01. The number of hydrogen-bond donors (Lipinski definition) is 4. The molecule has 114 valence electrons. The Bertz CT molecular complexity index is 582. The zero-order chi connectivity index (χ0) is 15.1. The number of aliphatic hydroxyl groups excluding tert-OH is 1. The molecule has 0 saturated heterocycles. The van der Waals surface area contributed by atoms with Gasteiger partial charge in [0.1, 0.15) is 0 Å². The molecule has 1 heterocycles. The number of aromatic amines is 1. The van der Waals surface area contributed by atoms with Crippen molar-refractivity contribution in [2.75, 3.05) is 26.4 Å². The van der Waals surface area contributed by atoms with Gasteiger partial charge in [-0.15, -0.1) is 0 Å². The Balaban J connectivity index is 1.83. The van der Waals surface area contributed by atoms with E-state index in [2.05, 4.69) is 10.3 Å². The molecule has 0 radical (unpaired) electrons. The molecular formula is C15H21N3O3. The molecule has 6 heteroatoms. The Morgan fingerprint density at radius 2 is 2.19 bits per heavy atom. The van der Waals surface area contributed by atoms with Gasteiger partial charge in [-0.05, 0) is 18.1 Å². The van der Waals surface area contributed by atoms with Crippen LogP contribution >= 0.6 is 0 Å². The van der Waals surface area contributed by atoms with Gasteiger partial charge in [0.2, 0.25) is 5.91 Å². The molecule has 1 aromatic heterocycles. The summed E-state index contributed by atoms with van der Waals surface area (Å²) >= 11 is 0. The highest BCUT2D eigenvalue weighted by Crippen LogP contribution is 2.18. The van der Waals surface area contributed by atoms with Crippen molar-refractivity contribution in [3.8, 4) is 0 Å². The molecule has 0 spiro atoms. The van der Waals surface area contributed by atoms with Crippen molar-refractivity contribution in [1.29, 1.82) is 0 Å². The van der Waals surface area contributed by atoms with Crippen LogP contribution in [0.2, 0.25) is 0 Å². The molecule has 1 unspecified atom stereocenters. The van der Waals surface area contributed by atoms with Gasteiger partial charge in [0.15, 0.2) is 0 Å². The fourth-order valence-corrected chi connectivity index (χ4v) is 2.17. The van der Waals surface area contributed by atoms with Crippen molar-refractivity contribution >= 4 is 16.8 Å². The maximum absolute atomic E-state index is 11.9. The maximum Gasteiger partial charge on any atom is 0.237 e. The van der Waals surface area contributed by atoms with Crippen LogP contribution < -0.4 is 11.1 Å². The minimum absolute atomic E-state index is 0.0198. The summed E-state index contributed by atoms with van der Waals surface area (Å²) in [6, 6.07) is 7.32. The summed E-state index contributed by atoms with van der Waals surface area (Å²) < 4.78 is 5.07. The molecule has 1 aromatic carbocycles. The Hall–Kier alpha value is -1.89. The van der Waals surface area contributed by atoms with E-state index in [1.807, 2.05) is 30.5 Å². The van der Waals surface area contributed by atoms with Crippen LogP contribution in [-0.4, -0.2) is 48.4 Å². The van der Waals surface area contributed by atoms with Crippen LogP contribution in [-0.2, 0) is 16.0 Å². The van der Waals surface area contributed by atoms with Gasteiger partial charge < -0.3 is 25.9 Å². The molecule has 2 rings (SSSR count). The lowest BCUT2D eigenvalue weighted by atomic mass is 10.1. The van der Waals surface area contributed by atoms with E-state index in [1.165, 1.54) is 0 Å². The van der Waals surface area contributed by atoms with Gasteiger partial charge in [-0.1, -0.05) is 18.2 Å². The third-order valence-electron chi connectivity index (χ3n) is 3.23. The van der Waals surface area contributed by atoms with Gasteiger partial charge >= 0.3 is 0 Å². The fourth-order valence-electron chi connectivity index (χ4n) is 2.17. The van der Waals surface area contributed by atoms with Gasteiger partial charge in [-0.3, -0.25) is 4.79 Å². The minimum Gasteiger partial charge on any atom is -0.394 e. The normalized spacial score (nSPS) is 12.5. The number of carbonyl (C=O) groups is 1. The van der Waals surface area contributed by atoms with Gasteiger partial charge in [-0.2, -0.15) is 0 Å².